The van der Waals surface area contributed by atoms with Gasteiger partial charge in [-0.05, 0) is 26.8 Å². The van der Waals surface area contributed by atoms with Crippen LogP contribution in [0.3, 0.4) is 0 Å². The van der Waals surface area contributed by atoms with E-state index >= 15 is 0 Å². The van der Waals surface area contributed by atoms with E-state index < -0.39 is 22.4 Å². The van der Waals surface area contributed by atoms with Gasteiger partial charge in [-0.1, -0.05) is 6.07 Å². The molecule has 1 rings (SSSR count). The number of non-ortho nitro benzene ring substituents is 1. The van der Waals surface area contributed by atoms with Crippen LogP contribution in [0, 0.1) is 10.1 Å². The van der Waals surface area contributed by atoms with Gasteiger partial charge in [-0.15, -0.1) is 0 Å². The van der Waals surface area contributed by atoms with E-state index in [1.807, 2.05) is 0 Å². The van der Waals surface area contributed by atoms with Gasteiger partial charge in [0.15, 0.2) is 0 Å². The van der Waals surface area contributed by atoms with Crippen LogP contribution >= 0.6 is 0 Å². The summed E-state index contributed by atoms with van der Waals surface area (Å²) < 4.78 is 5.08. The van der Waals surface area contributed by atoms with Crippen LogP contribution < -0.4 is 5.32 Å². The maximum atomic E-state index is 11.7. The molecule has 0 fully saturated rings. The molecule has 0 aliphatic heterocycles. The highest BCUT2D eigenvalue weighted by molar-refractivity contribution is 5.92. The van der Waals surface area contributed by atoms with Gasteiger partial charge in [0.05, 0.1) is 11.3 Å². The number of benzene rings is 1. The lowest BCUT2D eigenvalue weighted by atomic mass is 10.2. The summed E-state index contributed by atoms with van der Waals surface area (Å²) in [4.78, 5) is 33.2. The Labute approximate surface area is 122 Å². The van der Waals surface area contributed by atoms with E-state index in [0.717, 1.165) is 0 Å². The van der Waals surface area contributed by atoms with Gasteiger partial charge in [-0.3, -0.25) is 19.7 Å². The third-order valence-corrected chi connectivity index (χ3v) is 2.32. The molecule has 0 heterocycles. The van der Waals surface area contributed by atoms with Crippen molar-refractivity contribution in [2.45, 2.75) is 39.2 Å². The molecule has 0 saturated heterocycles. The zero-order chi connectivity index (χ0) is 16.0. The summed E-state index contributed by atoms with van der Waals surface area (Å²) in [7, 11) is 0. The Hall–Kier alpha value is -2.44. The Bertz CT molecular complexity index is 549. The zero-order valence-corrected chi connectivity index (χ0v) is 12.2. The lowest BCUT2D eigenvalue weighted by molar-refractivity contribution is -0.384. The minimum absolute atomic E-state index is 0.0436. The quantitative estimate of drug-likeness (QED) is 0.511. The lowest BCUT2D eigenvalue weighted by Gasteiger charge is -2.19. The fourth-order valence-electron chi connectivity index (χ4n) is 1.53. The average molecular weight is 294 g/mol. The molecule has 0 aromatic heterocycles. The fourth-order valence-corrected chi connectivity index (χ4v) is 1.53. The highest BCUT2D eigenvalue weighted by Crippen LogP contribution is 2.17. The summed E-state index contributed by atoms with van der Waals surface area (Å²) in [6.45, 7) is 5.23. The summed E-state index contributed by atoms with van der Waals surface area (Å²) in [5, 5.41) is 13.1. The standard InChI is InChI=1S/C14H18N2O5/c1-14(2,3)21-13(18)8-7-12(17)15-10-5-4-6-11(9-10)16(19)20/h4-6,9H,7-8H2,1-3H3,(H,15,17). The monoisotopic (exact) mass is 294 g/mol. The van der Waals surface area contributed by atoms with Crippen molar-refractivity contribution >= 4 is 23.3 Å². The van der Waals surface area contributed by atoms with Crippen molar-refractivity contribution in [2.75, 3.05) is 5.32 Å². The van der Waals surface area contributed by atoms with E-state index in [2.05, 4.69) is 5.32 Å². The number of hydrogen-bond donors (Lipinski definition) is 1. The number of hydrogen-bond acceptors (Lipinski definition) is 5. The molecule has 7 heteroatoms. The SMILES string of the molecule is CC(C)(C)OC(=O)CCC(=O)Nc1cccc([N+](=O)[O-])c1. The normalized spacial score (nSPS) is 10.8. The fraction of sp³-hybridized carbons (Fsp3) is 0.429. The van der Waals surface area contributed by atoms with Crippen LogP contribution in [-0.2, 0) is 14.3 Å². The van der Waals surface area contributed by atoms with Gasteiger partial charge >= 0.3 is 5.97 Å². The van der Waals surface area contributed by atoms with E-state index in [1.165, 1.54) is 18.2 Å². The van der Waals surface area contributed by atoms with Gasteiger partial charge in [-0.25, -0.2) is 0 Å². The minimum Gasteiger partial charge on any atom is -0.460 e. The number of carbonyl (C=O) groups is 2. The van der Waals surface area contributed by atoms with Crippen LogP contribution in [-0.4, -0.2) is 22.4 Å². The lowest BCUT2D eigenvalue weighted by Crippen LogP contribution is -2.24. The van der Waals surface area contributed by atoms with Crippen molar-refractivity contribution in [3.05, 3.63) is 34.4 Å². The van der Waals surface area contributed by atoms with E-state index in [4.69, 9.17) is 4.74 Å². The summed E-state index contributed by atoms with van der Waals surface area (Å²) in [6, 6.07) is 5.60. The molecular weight excluding hydrogens is 276 g/mol. The van der Waals surface area contributed by atoms with E-state index in [9.17, 15) is 19.7 Å². The molecule has 0 aliphatic rings. The predicted octanol–water partition coefficient (Wildman–Crippen LogP) is 2.66. The van der Waals surface area contributed by atoms with E-state index in [-0.39, 0.29) is 18.5 Å². The van der Waals surface area contributed by atoms with Gasteiger partial charge < -0.3 is 10.1 Å². The molecule has 1 N–H and O–H groups in total. The predicted molar refractivity (Wildman–Crippen MR) is 76.8 cm³/mol. The Morgan fingerprint density at radius 3 is 2.52 bits per heavy atom. The summed E-state index contributed by atoms with van der Waals surface area (Å²) >= 11 is 0. The van der Waals surface area contributed by atoms with Gasteiger partial charge in [0.1, 0.15) is 5.60 Å². The molecule has 0 saturated carbocycles. The maximum absolute atomic E-state index is 11.7. The summed E-state index contributed by atoms with van der Waals surface area (Å²) in [5.41, 5.74) is -0.383. The number of carbonyl (C=O) groups excluding carboxylic acids is 2. The number of ether oxygens (including phenoxy) is 1. The highest BCUT2D eigenvalue weighted by atomic mass is 16.6. The molecule has 0 unspecified atom stereocenters. The topological polar surface area (TPSA) is 98.5 Å². The second kappa shape index (κ2) is 6.83. The number of amides is 1. The van der Waals surface area contributed by atoms with Crippen molar-refractivity contribution in [1.29, 1.82) is 0 Å². The molecule has 1 amide bonds. The van der Waals surface area contributed by atoms with Crippen molar-refractivity contribution in [3.8, 4) is 0 Å². The number of esters is 1. The summed E-state index contributed by atoms with van der Waals surface area (Å²) in [6.07, 6.45) is -0.0877. The second-order valence-corrected chi connectivity index (χ2v) is 5.44. The van der Waals surface area contributed by atoms with Crippen LogP contribution in [0.1, 0.15) is 33.6 Å². The number of nitrogens with zero attached hydrogens (tertiary/aromatic N) is 1. The van der Waals surface area contributed by atoms with E-state index in [1.54, 1.807) is 26.8 Å². The number of nitro groups is 1. The Balaban J connectivity index is 2.49. The largest absolute Gasteiger partial charge is 0.460 e. The number of rotatable bonds is 5. The van der Waals surface area contributed by atoms with Crippen LogP contribution in [0.5, 0.6) is 0 Å². The van der Waals surface area contributed by atoms with Crippen LogP contribution in [0.25, 0.3) is 0 Å². The molecule has 0 radical (unpaired) electrons. The summed E-state index contributed by atoms with van der Waals surface area (Å²) in [5.74, 6) is -0.863. The second-order valence-electron chi connectivity index (χ2n) is 5.44. The number of nitro benzene ring substituents is 1. The minimum atomic E-state index is -0.590. The van der Waals surface area contributed by atoms with Gasteiger partial charge in [0, 0.05) is 24.2 Å². The molecule has 1 aromatic rings. The first-order valence-electron chi connectivity index (χ1n) is 6.43. The first-order valence-corrected chi connectivity index (χ1v) is 6.43. The average Bonchev–Trinajstić information content (AvgIpc) is 2.34. The highest BCUT2D eigenvalue weighted by Gasteiger charge is 2.17. The molecule has 0 spiro atoms. The first kappa shape index (κ1) is 16.6. The number of nitrogens with one attached hydrogen (secondary N) is 1. The Morgan fingerprint density at radius 2 is 1.95 bits per heavy atom. The Morgan fingerprint density at radius 1 is 1.29 bits per heavy atom. The molecule has 0 bridgehead atoms. The number of anilines is 1. The molecule has 1 aromatic carbocycles. The van der Waals surface area contributed by atoms with E-state index in [0.29, 0.717) is 5.69 Å². The van der Waals surface area contributed by atoms with Crippen molar-refractivity contribution in [3.63, 3.8) is 0 Å². The van der Waals surface area contributed by atoms with Crippen molar-refractivity contribution in [1.82, 2.24) is 0 Å². The van der Waals surface area contributed by atoms with Crippen molar-refractivity contribution < 1.29 is 19.2 Å². The van der Waals surface area contributed by atoms with Gasteiger partial charge in [0.2, 0.25) is 5.91 Å². The van der Waals surface area contributed by atoms with Gasteiger partial charge in [0.25, 0.3) is 5.69 Å². The molecule has 7 nitrogen and oxygen atoms in total. The molecule has 0 atom stereocenters. The first-order chi connectivity index (χ1) is 9.67. The third-order valence-electron chi connectivity index (χ3n) is 2.32. The van der Waals surface area contributed by atoms with Crippen LogP contribution in [0.15, 0.2) is 24.3 Å². The van der Waals surface area contributed by atoms with Gasteiger partial charge in [-0.2, -0.15) is 0 Å². The van der Waals surface area contributed by atoms with Crippen LogP contribution in [0.2, 0.25) is 0 Å². The Kier molecular flexibility index (Phi) is 5.40. The molecular formula is C14H18N2O5. The van der Waals surface area contributed by atoms with Crippen LogP contribution in [0.4, 0.5) is 11.4 Å². The molecule has 0 aliphatic carbocycles. The smallest absolute Gasteiger partial charge is 0.306 e. The molecule has 114 valence electrons. The van der Waals surface area contributed by atoms with Crippen molar-refractivity contribution in [2.24, 2.45) is 0 Å². The third kappa shape index (κ3) is 6.51. The maximum Gasteiger partial charge on any atom is 0.306 e. The molecule has 21 heavy (non-hydrogen) atoms. The zero-order valence-electron chi connectivity index (χ0n) is 12.2.